The maximum absolute atomic E-state index is 11.0. The zero-order valence-corrected chi connectivity index (χ0v) is 10.1. The number of aromatic carboxylic acids is 2. The Morgan fingerprint density at radius 2 is 1.89 bits per heavy atom. The summed E-state index contributed by atoms with van der Waals surface area (Å²) in [5.41, 5.74) is 0.0880. The molecule has 1 rings (SSSR count). The summed E-state index contributed by atoms with van der Waals surface area (Å²) in [5.74, 6) is -2.31. The summed E-state index contributed by atoms with van der Waals surface area (Å²) >= 11 is 0. The number of carboxylic acids is 2. The Balaban J connectivity index is 3.14. The van der Waals surface area contributed by atoms with Crippen molar-refractivity contribution in [2.45, 2.75) is 32.3 Å². The van der Waals surface area contributed by atoms with Gasteiger partial charge in [0.05, 0.1) is 17.2 Å². The first kappa shape index (κ1) is 14.2. The predicted octanol–water partition coefficient (Wildman–Crippen LogP) is 2.31. The Kier molecular flexibility index (Phi) is 4.85. The van der Waals surface area contributed by atoms with Gasteiger partial charge in [0.2, 0.25) is 0 Å². The molecule has 0 spiro atoms. The number of hydrogen-bond acceptors (Lipinski definition) is 3. The number of carboxylic acid groups (broad SMARTS) is 2. The highest BCUT2D eigenvalue weighted by Crippen LogP contribution is 2.24. The van der Waals surface area contributed by atoms with Crippen molar-refractivity contribution < 1.29 is 24.9 Å². The van der Waals surface area contributed by atoms with Gasteiger partial charge in [0.1, 0.15) is 0 Å². The van der Waals surface area contributed by atoms with E-state index in [-0.39, 0.29) is 16.7 Å². The van der Waals surface area contributed by atoms with Crippen molar-refractivity contribution in [1.82, 2.24) is 0 Å². The van der Waals surface area contributed by atoms with Crippen LogP contribution in [-0.2, 0) is 0 Å². The topological polar surface area (TPSA) is 94.8 Å². The van der Waals surface area contributed by atoms with Crippen LogP contribution in [0.25, 0.3) is 0 Å². The minimum atomic E-state index is -1.17. The summed E-state index contributed by atoms with van der Waals surface area (Å²) < 4.78 is 0. The summed E-state index contributed by atoms with van der Waals surface area (Å²) in [7, 11) is 0. The molecule has 0 aliphatic carbocycles. The van der Waals surface area contributed by atoms with Crippen LogP contribution in [0.4, 0.5) is 0 Å². The number of hydrogen-bond donors (Lipinski definition) is 3. The maximum atomic E-state index is 11.0. The van der Waals surface area contributed by atoms with Gasteiger partial charge >= 0.3 is 11.9 Å². The Hall–Kier alpha value is -1.88. The average molecular weight is 252 g/mol. The zero-order chi connectivity index (χ0) is 13.7. The molecule has 0 bridgehead atoms. The van der Waals surface area contributed by atoms with E-state index in [2.05, 4.69) is 0 Å². The summed E-state index contributed by atoms with van der Waals surface area (Å²) in [6, 6.07) is 3.67. The number of rotatable bonds is 6. The first-order valence-electron chi connectivity index (χ1n) is 5.76. The molecular formula is C13H16O5. The van der Waals surface area contributed by atoms with E-state index in [4.69, 9.17) is 10.2 Å². The van der Waals surface area contributed by atoms with E-state index in [1.807, 2.05) is 6.92 Å². The Morgan fingerprint density at radius 3 is 2.39 bits per heavy atom. The van der Waals surface area contributed by atoms with Gasteiger partial charge in [0, 0.05) is 0 Å². The number of aliphatic hydroxyl groups excluding tert-OH is 1. The van der Waals surface area contributed by atoms with Gasteiger partial charge in [-0.15, -0.1) is 0 Å². The lowest BCUT2D eigenvalue weighted by atomic mass is 9.96. The third-order valence-electron chi connectivity index (χ3n) is 2.72. The number of benzene rings is 1. The van der Waals surface area contributed by atoms with Crippen LogP contribution in [0.3, 0.4) is 0 Å². The van der Waals surface area contributed by atoms with Crippen LogP contribution in [0.2, 0.25) is 0 Å². The van der Waals surface area contributed by atoms with Crippen molar-refractivity contribution in [3.8, 4) is 0 Å². The second kappa shape index (κ2) is 6.16. The van der Waals surface area contributed by atoms with Crippen molar-refractivity contribution >= 4 is 11.9 Å². The standard InChI is InChI=1S/C13H16O5/c1-2-3-4-11(14)10-7-8(12(15)16)5-6-9(10)13(17)18/h5-7,11,14H,2-4H2,1H3,(H,15,16)(H,17,18). The third-order valence-corrected chi connectivity index (χ3v) is 2.72. The zero-order valence-electron chi connectivity index (χ0n) is 10.1. The van der Waals surface area contributed by atoms with Gasteiger partial charge in [0.15, 0.2) is 0 Å². The SMILES string of the molecule is CCCCC(O)c1cc(C(=O)O)ccc1C(=O)O. The van der Waals surface area contributed by atoms with E-state index in [0.717, 1.165) is 12.8 Å². The first-order valence-corrected chi connectivity index (χ1v) is 5.76. The quantitative estimate of drug-likeness (QED) is 0.722. The van der Waals surface area contributed by atoms with Gasteiger partial charge in [-0.05, 0) is 30.2 Å². The molecule has 0 heterocycles. The molecule has 18 heavy (non-hydrogen) atoms. The van der Waals surface area contributed by atoms with Crippen LogP contribution in [0.15, 0.2) is 18.2 Å². The van der Waals surface area contributed by atoms with E-state index < -0.39 is 18.0 Å². The Morgan fingerprint density at radius 1 is 1.22 bits per heavy atom. The van der Waals surface area contributed by atoms with Crippen molar-refractivity contribution in [3.63, 3.8) is 0 Å². The largest absolute Gasteiger partial charge is 0.478 e. The summed E-state index contributed by atoms with van der Waals surface area (Å²) in [5, 5.41) is 27.8. The Labute approximate surface area is 105 Å². The van der Waals surface area contributed by atoms with Crippen LogP contribution in [0.5, 0.6) is 0 Å². The lowest BCUT2D eigenvalue weighted by Gasteiger charge is -2.14. The fraction of sp³-hybridized carbons (Fsp3) is 0.385. The minimum absolute atomic E-state index is 0.0226. The molecule has 0 saturated heterocycles. The first-order chi connectivity index (χ1) is 8.47. The number of aliphatic hydroxyl groups is 1. The Bertz CT molecular complexity index is 453. The molecule has 0 amide bonds. The summed E-state index contributed by atoms with van der Waals surface area (Å²) in [4.78, 5) is 21.9. The lowest BCUT2D eigenvalue weighted by molar-refractivity contribution is 0.0674. The van der Waals surface area contributed by atoms with Crippen LogP contribution < -0.4 is 0 Å². The molecule has 3 N–H and O–H groups in total. The predicted molar refractivity (Wildman–Crippen MR) is 64.8 cm³/mol. The van der Waals surface area contributed by atoms with E-state index in [1.54, 1.807) is 0 Å². The third kappa shape index (κ3) is 3.30. The van der Waals surface area contributed by atoms with Crippen molar-refractivity contribution in [1.29, 1.82) is 0 Å². The smallest absolute Gasteiger partial charge is 0.336 e. The van der Waals surface area contributed by atoms with Crippen LogP contribution in [-0.4, -0.2) is 27.3 Å². The molecule has 0 aliphatic heterocycles. The summed E-state index contributed by atoms with van der Waals surface area (Å²) in [6.45, 7) is 1.96. The van der Waals surface area contributed by atoms with Crippen LogP contribution >= 0.6 is 0 Å². The van der Waals surface area contributed by atoms with Gasteiger partial charge in [-0.2, -0.15) is 0 Å². The monoisotopic (exact) mass is 252 g/mol. The van der Waals surface area contributed by atoms with Crippen LogP contribution in [0, 0.1) is 0 Å². The van der Waals surface area contributed by atoms with E-state index in [9.17, 15) is 14.7 Å². The highest BCUT2D eigenvalue weighted by molar-refractivity contribution is 5.93. The molecule has 1 aromatic rings. The van der Waals surface area contributed by atoms with Crippen molar-refractivity contribution in [3.05, 3.63) is 34.9 Å². The molecular weight excluding hydrogens is 236 g/mol. The van der Waals surface area contributed by atoms with Gasteiger partial charge in [-0.1, -0.05) is 19.8 Å². The normalized spacial score (nSPS) is 12.1. The molecule has 5 nitrogen and oxygen atoms in total. The van der Waals surface area contributed by atoms with E-state index in [0.29, 0.717) is 6.42 Å². The molecule has 1 atom stereocenters. The van der Waals surface area contributed by atoms with Gasteiger partial charge in [-0.25, -0.2) is 9.59 Å². The number of unbranched alkanes of at least 4 members (excludes halogenated alkanes) is 1. The van der Waals surface area contributed by atoms with E-state index in [1.165, 1.54) is 18.2 Å². The van der Waals surface area contributed by atoms with Crippen molar-refractivity contribution in [2.24, 2.45) is 0 Å². The fourth-order valence-electron chi connectivity index (χ4n) is 1.72. The highest BCUT2D eigenvalue weighted by Gasteiger charge is 2.18. The summed E-state index contributed by atoms with van der Waals surface area (Å²) in [6.07, 6.45) is 1.09. The second-order valence-corrected chi connectivity index (χ2v) is 4.07. The molecule has 0 aliphatic rings. The highest BCUT2D eigenvalue weighted by atomic mass is 16.4. The second-order valence-electron chi connectivity index (χ2n) is 4.07. The minimum Gasteiger partial charge on any atom is -0.478 e. The number of carbonyl (C=O) groups is 2. The van der Waals surface area contributed by atoms with Gasteiger partial charge in [-0.3, -0.25) is 0 Å². The lowest BCUT2D eigenvalue weighted by Crippen LogP contribution is -2.09. The molecule has 1 unspecified atom stereocenters. The molecule has 0 saturated carbocycles. The molecule has 0 fully saturated rings. The average Bonchev–Trinajstić information content (AvgIpc) is 2.34. The fourth-order valence-corrected chi connectivity index (χ4v) is 1.72. The van der Waals surface area contributed by atoms with E-state index >= 15 is 0 Å². The molecule has 1 aromatic carbocycles. The van der Waals surface area contributed by atoms with Gasteiger partial charge < -0.3 is 15.3 Å². The van der Waals surface area contributed by atoms with Crippen molar-refractivity contribution in [2.75, 3.05) is 0 Å². The molecule has 0 radical (unpaired) electrons. The molecule has 0 aromatic heterocycles. The van der Waals surface area contributed by atoms with Crippen LogP contribution in [0.1, 0.15) is 58.6 Å². The molecule has 98 valence electrons. The molecule has 5 heteroatoms. The van der Waals surface area contributed by atoms with Gasteiger partial charge in [0.25, 0.3) is 0 Å². The maximum Gasteiger partial charge on any atom is 0.336 e.